The zero-order valence-electron chi connectivity index (χ0n) is 14.3. The Morgan fingerprint density at radius 3 is 1.14 bits per heavy atom. The normalized spacial score (nSPS) is 11.2. The zero-order valence-corrected chi connectivity index (χ0v) is 15.1. The lowest BCUT2D eigenvalue weighted by molar-refractivity contribution is -0.222. The molecule has 0 spiro atoms. The molecule has 11 heteroatoms. The van der Waals surface area contributed by atoms with E-state index in [2.05, 4.69) is 0 Å². The number of phosphoric ester groups is 1. The van der Waals surface area contributed by atoms with Gasteiger partial charge in [-0.1, -0.05) is 18.2 Å². The Morgan fingerprint density at radius 2 is 0.862 bits per heavy atom. The van der Waals surface area contributed by atoms with Crippen LogP contribution >= 0.6 is 8.17 Å². The van der Waals surface area contributed by atoms with Crippen molar-refractivity contribution in [3.63, 3.8) is 0 Å². The summed E-state index contributed by atoms with van der Waals surface area (Å²) in [7, 11) is -5.01. The molecule has 0 bridgehead atoms. The smallest absolute Gasteiger partial charge is 0.518 e. The van der Waals surface area contributed by atoms with Crippen LogP contribution in [0.1, 0.15) is 0 Å². The van der Waals surface area contributed by atoms with E-state index >= 15 is 0 Å². The molecule has 3 rings (SSSR count). The number of aromatic hydroxyl groups is 3. The standard InChI is InChI=1S/C18H12F3O7P/c19-10-4-1-7-13(16(10)22)26-29(25,27-14-8-2-5-11(20)17(14)23)28-15-9-3-6-12(21)18(15)24/h1-9,22-24H. The molecule has 0 heterocycles. The third-order valence-corrected chi connectivity index (χ3v) is 4.74. The lowest BCUT2D eigenvalue weighted by atomic mass is 10.3. The maximum atomic E-state index is 13.6. The van der Waals surface area contributed by atoms with E-state index < -0.39 is 60.1 Å². The summed E-state index contributed by atoms with van der Waals surface area (Å²) in [5.41, 5.74) is 0. The van der Waals surface area contributed by atoms with Crippen molar-refractivity contribution in [1.82, 2.24) is 0 Å². The number of benzene rings is 3. The lowest BCUT2D eigenvalue weighted by Gasteiger charge is -2.25. The van der Waals surface area contributed by atoms with Gasteiger partial charge in [0.2, 0.25) is 17.2 Å². The van der Waals surface area contributed by atoms with Crippen molar-refractivity contribution in [3.8, 4) is 34.5 Å². The maximum absolute atomic E-state index is 13.6. The molecule has 0 saturated carbocycles. The maximum Gasteiger partial charge on any atom is 0.518 e. The van der Waals surface area contributed by atoms with Gasteiger partial charge in [-0.15, -0.1) is 0 Å². The van der Waals surface area contributed by atoms with Crippen molar-refractivity contribution in [2.75, 3.05) is 0 Å². The van der Waals surface area contributed by atoms with Crippen molar-refractivity contribution in [1.29, 1.82) is 0 Å². The number of phenols is 3. The molecule has 0 radical (unpaired) electrons. The molecule has 0 fully saturated rings. The Hall–Kier alpha value is -3.36. The molecular weight excluding hydrogens is 416 g/mol. The van der Waals surface area contributed by atoms with Crippen LogP contribution in [0.4, 0.5) is 13.2 Å². The van der Waals surface area contributed by atoms with E-state index in [1.165, 1.54) is 0 Å². The molecule has 29 heavy (non-hydrogen) atoms. The Balaban J connectivity index is 2.03. The molecule has 0 amide bonds. The van der Waals surface area contributed by atoms with Crippen LogP contribution in [0.15, 0.2) is 54.6 Å². The summed E-state index contributed by atoms with van der Waals surface area (Å²) in [6.45, 7) is 0. The summed E-state index contributed by atoms with van der Waals surface area (Å²) < 4.78 is 55.6. The van der Waals surface area contributed by atoms with Gasteiger partial charge in [0.1, 0.15) is 0 Å². The first-order chi connectivity index (χ1) is 13.7. The van der Waals surface area contributed by atoms with Crippen molar-refractivity contribution in [3.05, 3.63) is 72.0 Å². The van der Waals surface area contributed by atoms with E-state index in [-0.39, 0.29) is 0 Å². The van der Waals surface area contributed by atoms with E-state index in [4.69, 9.17) is 13.6 Å². The second-order valence-corrected chi connectivity index (χ2v) is 6.92. The van der Waals surface area contributed by atoms with Crippen molar-refractivity contribution in [2.45, 2.75) is 0 Å². The number of phosphoric acid groups is 1. The minimum atomic E-state index is -5.01. The predicted molar refractivity (Wildman–Crippen MR) is 93.0 cm³/mol. The largest absolute Gasteiger partial charge is 0.583 e. The average Bonchev–Trinajstić information content (AvgIpc) is 2.67. The van der Waals surface area contributed by atoms with Crippen LogP contribution in [0.3, 0.4) is 0 Å². The van der Waals surface area contributed by atoms with Crippen molar-refractivity contribution >= 4 is 8.17 Å². The number of rotatable bonds is 6. The average molecular weight is 428 g/mol. The number of halogens is 3. The van der Waals surface area contributed by atoms with E-state index in [9.17, 15) is 33.4 Å². The highest BCUT2D eigenvalue weighted by Gasteiger charge is 2.41. The minimum absolute atomic E-state index is 0.694. The van der Waals surface area contributed by atoms with E-state index in [1.807, 2.05) is 0 Å². The second kappa shape index (κ2) is 7.94. The van der Waals surface area contributed by atoms with Crippen molar-refractivity contribution in [2.24, 2.45) is 0 Å². The van der Waals surface area contributed by atoms with Crippen LogP contribution in [0.25, 0.3) is 0 Å². The minimum Gasteiger partial charge on any atom is -0.583 e. The SMILES string of the molecule is [O-][P+](Oc1cccc(F)c1O)(Oc1cccc(F)c1O)Oc1cccc(F)c1O. The van der Waals surface area contributed by atoms with Gasteiger partial charge in [0.05, 0.1) is 0 Å². The van der Waals surface area contributed by atoms with Gasteiger partial charge in [-0.2, -0.15) is 0 Å². The Labute approximate surface area is 162 Å². The highest BCUT2D eigenvalue weighted by Crippen LogP contribution is 2.57. The zero-order chi connectivity index (χ0) is 21.2. The van der Waals surface area contributed by atoms with Crippen LogP contribution in [0, 0.1) is 17.5 Å². The third kappa shape index (κ3) is 4.39. The molecule has 0 aliphatic rings. The number of phenolic OH excluding ortho intramolecular Hbond substituents is 3. The fraction of sp³-hybridized carbons (Fsp3) is 0. The highest BCUT2D eigenvalue weighted by molar-refractivity contribution is 7.55. The number of hydrogen-bond acceptors (Lipinski definition) is 7. The monoisotopic (exact) mass is 428 g/mol. The molecule has 3 aromatic carbocycles. The van der Waals surface area contributed by atoms with Gasteiger partial charge >= 0.3 is 8.17 Å². The first kappa shape index (κ1) is 20.4. The summed E-state index contributed by atoms with van der Waals surface area (Å²) in [5, 5.41) is 29.2. The van der Waals surface area contributed by atoms with Gasteiger partial charge in [0, 0.05) is 0 Å². The summed E-state index contributed by atoms with van der Waals surface area (Å²) in [4.78, 5) is 13.1. The van der Waals surface area contributed by atoms with Gasteiger partial charge in [-0.05, 0) is 36.4 Å². The van der Waals surface area contributed by atoms with Crippen LogP contribution in [0.5, 0.6) is 34.5 Å². The first-order valence-corrected chi connectivity index (χ1v) is 9.27. The molecular formula is C18H12F3O7P. The molecule has 7 nitrogen and oxygen atoms in total. The second-order valence-electron chi connectivity index (χ2n) is 5.48. The molecule has 3 aromatic rings. The molecule has 0 aromatic heterocycles. The Kier molecular flexibility index (Phi) is 5.58. The van der Waals surface area contributed by atoms with Gasteiger partial charge in [-0.3, -0.25) is 13.6 Å². The third-order valence-electron chi connectivity index (χ3n) is 3.48. The quantitative estimate of drug-likeness (QED) is 0.512. The number of hydrogen-bond donors (Lipinski definition) is 3. The number of para-hydroxylation sites is 3. The topological polar surface area (TPSA) is 111 Å². The molecule has 0 saturated heterocycles. The molecule has 3 N–H and O–H groups in total. The molecule has 0 aliphatic carbocycles. The molecule has 0 atom stereocenters. The molecule has 0 aliphatic heterocycles. The summed E-state index contributed by atoms with van der Waals surface area (Å²) in [6.07, 6.45) is 0. The fourth-order valence-corrected chi connectivity index (χ4v) is 3.40. The lowest BCUT2D eigenvalue weighted by Crippen LogP contribution is -2.26. The summed E-state index contributed by atoms with van der Waals surface area (Å²) in [5.74, 6) is -8.62. The highest BCUT2D eigenvalue weighted by atomic mass is 31.2. The van der Waals surface area contributed by atoms with Crippen LogP contribution in [0.2, 0.25) is 0 Å². The van der Waals surface area contributed by atoms with Gasteiger partial charge < -0.3 is 20.2 Å². The summed E-state index contributed by atoms with van der Waals surface area (Å²) in [6, 6.07) is 8.98. The van der Waals surface area contributed by atoms with Crippen LogP contribution in [-0.2, 0) is 0 Å². The fourth-order valence-electron chi connectivity index (χ4n) is 2.12. The summed E-state index contributed by atoms with van der Waals surface area (Å²) >= 11 is 0. The molecule has 0 unspecified atom stereocenters. The van der Waals surface area contributed by atoms with Gasteiger partial charge in [0.15, 0.2) is 34.7 Å². The van der Waals surface area contributed by atoms with E-state index in [0.29, 0.717) is 0 Å². The molecule has 152 valence electrons. The predicted octanol–water partition coefficient (Wildman–Crippen LogP) is 3.80. The van der Waals surface area contributed by atoms with Gasteiger partial charge in [-0.25, -0.2) is 13.2 Å². The van der Waals surface area contributed by atoms with E-state index in [1.54, 1.807) is 0 Å². The van der Waals surface area contributed by atoms with E-state index in [0.717, 1.165) is 54.6 Å². The van der Waals surface area contributed by atoms with Crippen LogP contribution < -0.4 is 18.5 Å². The van der Waals surface area contributed by atoms with Gasteiger partial charge in [0.25, 0.3) is 0 Å². The van der Waals surface area contributed by atoms with Crippen molar-refractivity contribution < 1.29 is 47.0 Å². The Bertz CT molecular complexity index is 918. The first-order valence-electron chi connectivity index (χ1n) is 7.81. The van der Waals surface area contributed by atoms with Crippen LogP contribution in [-0.4, -0.2) is 15.3 Å². The Morgan fingerprint density at radius 1 is 0.586 bits per heavy atom.